The molecule has 3 aromatic rings. The highest BCUT2D eigenvalue weighted by molar-refractivity contribution is 6.12. The van der Waals surface area contributed by atoms with E-state index in [-0.39, 0.29) is 17.9 Å². The minimum atomic E-state index is -1.10. The van der Waals surface area contributed by atoms with Crippen LogP contribution in [0.3, 0.4) is 0 Å². The van der Waals surface area contributed by atoms with Gasteiger partial charge in [-0.05, 0) is 63.3 Å². The molecule has 1 saturated carbocycles. The van der Waals surface area contributed by atoms with E-state index in [0.29, 0.717) is 12.2 Å². The van der Waals surface area contributed by atoms with Gasteiger partial charge in [-0.25, -0.2) is 0 Å². The topological polar surface area (TPSA) is 67.2 Å². The van der Waals surface area contributed by atoms with Crippen molar-refractivity contribution in [3.63, 3.8) is 0 Å². The monoisotopic (exact) mass is 484 g/mol. The van der Waals surface area contributed by atoms with E-state index in [2.05, 4.69) is 42.6 Å². The van der Waals surface area contributed by atoms with Gasteiger partial charge in [0.2, 0.25) is 5.91 Å². The fourth-order valence-corrected chi connectivity index (χ4v) is 5.66. The molecule has 0 bridgehead atoms. The summed E-state index contributed by atoms with van der Waals surface area (Å²) in [5, 5.41) is 8.09. The Morgan fingerprint density at radius 2 is 1.78 bits per heavy atom. The van der Waals surface area contributed by atoms with Crippen molar-refractivity contribution < 1.29 is 9.59 Å². The van der Waals surface area contributed by atoms with Crippen LogP contribution in [0.2, 0.25) is 0 Å². The molecule has 1 aromatic heterocycles. The van der Waals surface area contributed by atoms with Crippen molar-refractivity contribution in [1.82, 2.24) is 15.1 Å². The molecule has 1 atom stereocenters. The molecule has 1 aliphatic heterocycles. The standard InChI is InChI=1S/C30H36N4O2/c1-5-22-12-14-23(15-13-22)25-18-27-28(35)34(26-16-11-20(2)17-21(26)3)30(4,19-33(27)32-25)29(36)31-24-9-7-6-8-10-24/h11-18,24H,5-10,19H2,1-4H3,(H,31,36)/t30-/m1/s1. The maximum Gasteiger partial charge on any atom is 0.277 e. The quantitative estimate of drug-likeness (QED) is 0.513. The van der Waals surface area contributed by atoms with Crippen LogP contribution in [-0.2, 0) is 17.8 Å². The number of hydrogen-bond acceptors (Lipinski definition) is 3. The molecule has 2 aromatic carbocycles. The maximum absolute atomic E-state index is 14.1. The van der Waals surface area contributed by atoms with Crippen molar-refractivity contribution in [2.45, 2.75) is 84.3 Å². The van der Waals surface area contributed by atoms with Gasteiger partial charge in [-0.1, -0.05) is 68.1 Å². The molecule has 188 valence electrons. The highest BCUT2D eigenvalue weighted by atomic mass is 16.2. The van der Waals surface area contributed by atoms with Crippen LogP contribution < -0.4 is 10.2 Å². The summed E-state index contributed by atoms with van der Waals surface area (Å²) in [6.45, 7) is 8.34. The maximum atomic E-state index is 14.1. The van der Waals surface area contributed by atoms with E-state index >= 15 is 0 Å². The third-order valence-electron chi connectivity index (χ3n) is 7.83. The van der Waals surface area contributed by atoms with Gasteiger partial charge in [0.25, 0.3) is 5.91 Å². The Hall–Kier alpha value is -3.41. The predicted octanol–water partition coefficient (Wildman–Crippen LogP) is 5.60. The number of rotatable bonds is 5. The zero-order valence-electron chi connectivity index (χ0n) is 21.8. The van der Waals surface area contributed by atoms with Gasteiger partial charge in [0.15, 0.2) is 0 Å². The van der Waals surface area contributed by atoms with Crippen LogP contribution in [0.5, 0.6) is 0 Å². The average Bonchev–Trinajstić information content (AvgIpc) is 3.30. The summed E-state index contributed by atoms with van der Waals surface area (Å²) in [4.78, 5) is 29.7. The minimum absolute atomic E-state index is 0.113. The molecule has 5 rings (SSSR count). The first-order valence-electron chi connectivity index (χ1n) is 13.2. The second-order valence-corrected chi connectivity index (χ2v) is 10.6. The minimum Gasteiger partial charge on any atom is -0.351 e. The number of nitrogens with one attached hydrogen (secondary N) is 1. The summed E-state index contributed by atoms with van der Waals surface area (Å²) in [6.07, 6.45) is 6.43. The Labute approximate surface area is 213 Å². The summed E-state index contributed by atoms with van der Waals surface area (Å²) >= 11 is 0. The van der Waals surface area contributed by atoms with E-state index in [1.54, 1.807) is 9.58 Å². The lowest BCUT2D eigenvalue weighted by Crippen LogP contribution is -2.65. The molecule has 6 heteroatoms. The number of hydrogen-bond donors (Lipinski definition) is 1. The van der Waals surface area contributed by atoms with Crippen molar-refractivity contribution in [3.05, 3.63) is 70.9 Å². The number of anilines is 1. The molecule has 1 N–H and O–H groups in total. The second kappa shape index (κ2) is 9.57. The van der Waals surface area contributed by atoms with Crippen molar-refractivity contribution in [3.8, 4) is 11.3 Å². The SMILES string of the molecule is CCc1ccc(-c2cc3n(n2)C[C@](C)(C(=O)NC2CCCCC2)N(c2ccc(C)cc2C)C3=O)cc1. The average molecular weight is 485 g/mol. The third-order valence-corrected chi connectivity index (χ3v) is 7.83. The summed E-state index contributed by atoms with van der Waals surface area (Å²) in [7, 11) is 0. The first kappa shape index (κ1) is 24.3. The van der Waals surface area contributed by atoms with Crippen LogP contribution in [-0.4, -0.2) is 33.2 Å². The van der Waals surface area contributed by atoms with Crippen LogP contribution in [0.4, 0.5) is 5.69 Å². The molecule has 2 aliphatic rings. The molecule has 2 heterocycles. The molecule has 0 unspecified atom stereocenters. The molecule has 2 amide bonds. The lowest BCUT2D eigenvalue weighted by Gasteiger charge is -2.44. The molecule has 1 fully saturated rings. The van der Waals surface area contributed by atoms with Gasteiger partial charge in [0.1, 0.15) is 11.2 Å². The van der Waals surface area contributed by atoms with Crippen LogP contribution in [0.25, 0.3) is 11.3 Å². The molecule has 0 radical (unpaired) electrons. The largest absolute Gasteiger partial charge is 0.351 e. The molecular formula is C30H36N4O2. The number of fused-ring (bicyclic) bond motifs is 1. The van der Waals surface area contributed by atoms with Crippen molar-refractivity contribution in [2.75, 3.05) is 4.90 Å². The Bertz CT molecular complexity index is 1290. The summed E-state index contributed by atoms with van der Waals surface area (Å²) in [5.74, 6) is -0.309. The van der Waals surface area contributed by atoms with E-state index in [0.717, 1.165) is 60.2 Å². The van der Waals surface area contributed by atoms with E-state index in [4.69, 9.17) is 5.10 Å². The van der Waals surface area contributed by atoms with E-state index in [1.165, 1.54) is 12.0 Å². The van der Waals surface area contributed by atoms with E-state index < -0.39 is 5.54 Å². The van der Waals surface area contributed by atoms with Gasteiger partial charge in [-0.3, -0.25) is 19.2 Å². The van der Waals surface area contributed by atoms with Crippen LogP contribution in [0.15, 0.2) is 48.5 Å². The van der Waals surface area contributed by atoms with Crippen molar-refractivity contribution in [1.29, 1.82) is 0 Å². The van der Waals surface area contributed by atoms with Gasteiger partial charge in [-0.2, -0.15) is 5.10 Å². The Morgan fingerprint density at radius 3 is 2.44 bits per heavy atom. The molecule has 0 saturated heterocycles. The first-order valence-corrected chi connectivity index (χ1v) is 13.2. The van der Waals surface area contributed by atoms with E-state index in [9.17, 15) is 9.59 Å². The molecule has 1 aliphatic carbocycles. The van der Waals surface area contributed by atoms with Gasteiger partial charge >= 0.3 is 0 Å². The number of carbonyl (C=O) groups is 2. The van der Waals surface area contributed by atoms with Crippen LogP contribution >= 0.6 is 0 Å². The number of aromatic nitrogens is 2. The first-order chi connectivity index (χ1) is 17.3. The highest BCUT2D eigenvalue weighted by Gasteiger charge is 2.49. The number of amides is 2. The van der Waals surface area contributed by atoms with Crippen molar-refractivity contribution in [2.24, 2.45) is 0 Å². The van der Waals surface area contributed by atoms with Crippen LogP contribution in [0.1, 0.15) is 73.1 Å². The number of nitrogens with zero attached hydrogens (tertiary/aromatic N) is 3. The zero-order valence-corrected chi connectivity index (χ0v) is 21.8. The fourth-order valence-electron chi connectivity index (χ4n) is 5.66. The highest BCUT2D eigenvalue weighted by Crippen LogP contribution is 2.36. The molecule has 0 spiro atoms. The molecular weight excluding hydrogens is 448 g/mol. The Balaban J connectivity index is 1.56. The lowest BCUT2D eigenvalue weighted by molar-refractivity contribution is -0.127. The second-order valence-electron chi connectivity index (χ2n) is 10.6. The van der Waals surface area contributed by atoms with Gasteiger partial charge in [-0.15, -0.1) is 0 Å². The fraction of sp³-hybridized carbons (Fsp3) is 0.433. The zero-order chi connectivity index (χ0) is 25.4. The molecule has 36 heavy (non-hydrogen) atoms. The Kier molecular flexibility index (Phi) is 6.45. The predicted molar refractivity (Wildman–Crippen MR) is 143 cm³/mol. The van der Waals surface area contributed by atoms with Crippen LogP contribution in [0, 0.1) is 13.8 Å². The normalized spacial score (nSPS) is 20.3. The summed E-state index contributed by atoms with van der Waals surface area (Å²) in [5.41, 5.74) is 5.25. The van der Waals surface area contributed by atoms with Gasteiger partial charge in [0, 0.05) is 17.3 Å². The molecule has 6 nitrogen and oxygen atoms in total. The lowest BCUT2D eigenvalue weighted by atomic mass is 9.90. The number of carbonyl (C=O) groups excluding carboxylic acids is 2. The van der Waals surface area contributed by atoms with Gasteiger partial charge < -0.3 is 5.32 Å². The number of aryl methyl sites for hydroxylation is 3. The third kappa shape index (κ3) is 4.34. The van der Waals surface area contributed by atoms with Crippen molar-refractivity contribution >= 4 is 17.5 Å². The number of benzene rings is 2. The van der Waals surface area contributed by atoms with Gasteiger partial charge in [0.05, 0.1) is 12.2 Å². The summed E-state index contributed by atoms with van der Waals surface area (Å²) < 4.78 is 1.73. The van der Waals surface area contributed by atoms with E-state index in [1.807, 2.05) is 39.0 Å². The smallest absolute Gasteiger partial charge is 0.277 e. The summed E-state index contributed by atoms with van der Waals surface area (Å²) in [6, 6.07) is 16.3. The Morgan fingerprint density at radius 1 is 1.06 bits per heavy atom.